The Hall–Kier alpha value is -0.830. The van der Waals surface area contributed by atoms with Crippen LogP contribution in [-0.4, -0.2) is 36.6 Å². The first-order chi connectivity index (χ1) is 7.27. The molecule has 0 aromatic rings. The monoisotopic (exact) mass is 211 g/mol. The van der Waals surface area contributed by atoms with E-state index >= 15 is 0 Å². The van der Waals surface area contributed by atoms with E-state index in [1.165, 1.54) is 25.3 Å². The Morgan fingerprint density at radius 2 is 2.33 bits per heavy atom. The van der Waals surface area contributed by atoms with Crippen molar-refractivity contribution in [3.8, 4) is 0 Å². The molecule has 0 aliphatic carbocycles. The Labute approximate surface area is 92.1 Å². The first-order valence-corrected chi connectivity index (χ1v) is 5.85. The van der Waals surface area contributed by atoms with Crippen LogP contribution in [0.1, 0.15) is 33.1 Å². The molecule has 1 aliphatic heterocycles. The fourth-order valence-electron chi connectivity index (χ4n) is 2.07. The van der Waals surface area contributed by atoms with Gasteiger partial charge in [-0.15, -0.1) is 0 Å². The second-order valence-corrected chi connectivity index (χ2v) is 3.85. The molecule has 1 heterocycles. The maximum Gasteiger partial charge on any atom is 0.330 e. The molecule has 0 amide bonds. The summed E-state index contributed by atoms with van der Waals surface area (Å²) in [6.45, 7) is 6.52. The minimum absolute atomic E-state index is 0.232. The lowest BCUT2D eigenvalue weighted by Crippen LogP contribution is -2.28. The fraction of sp³-hybridized carbons (Fsp3) is 0.750. The van der Waals surface area contributed by atoms with Gasteiger partial charge in [0, 0.05) is 18.7 Å². The van der Waals surface area contributed by atoms with Crippen LogP contribution >= 0.6 is 0 Å². The molecule has 3 heteroatoms. The van der Waals surface area contributed by atoms with Gasteiger partial charge < -0.3 is 4.74 Å². The normalized spacial score (nSPS) is 22.4. The highest BCUT2D eigenvalue weighted by atomic mass is 16.5. The van der Waals surface area contributed by atoms with Crippen LogP contribution in [0.5, 0.6) is 0 Å². The van der Waals surface area contributed by atoms with Gasteiger partial charge in [0.1, 0.15) is 0 Å². The summed E-state index contributed by atoms with van der Waals surface area (Å²) in [5.74, 6) is -0.232. The number of nitrogens with zero attached hydrogens (tertiary/aromatic N) is 1. The van der Waals surface area contributed by atoms with E-state index < -0.39 is 0 Å². The summed E-state index contributed by atoms with van der Waals surface area (Å²) in [6.07, 6.45) is 7.23. The minimum atomic E-state index is -0.232. The number of esters is 1. The predicted molar refractivity (Wildman–Crippen MR) is 60.7 cm³/mol. The van der Waals surface area contributed by atoms with Crippen molar-refractivity contribution in [3.63, 3.8) is 0 Å². The van der Waals surface area contributed by atoms with Crippen molar-refractivity contribution in [1.29, 1.82) is 0 Å². The lowest BCUT2D eigenvalue weighted by Gasteiger charge is -2.21. The van der Waals surface area contributed by atoms with Gasteiger partial charge in [0.2, 0.25) is 0 Å². The molecule has 0 N–H and O–H groups in total. The maximum absolute atomic E-state index is 11.0. The van der Waals surface area contributed by atoms with Gasteiger partial charge in [-0.05, 0) is 32.7 Å². The third-order valence-corrected chi connectivity index (χ3v) is 2.85. The average molecular weight is 211 g/mol. The summed E-state index contributed by atoms with van der Waals surface area (Å²) in [4.78, 5) is 13.5. The molecule has 0 aromatic heterocycles. The zero-order chi connectivity index (χ0) is 11.1. The van der Waals surface area contributed by atoms with Gasteiger partial charge in [0.25, 0.3) is 0 Å². The number of likely N-dealkylation sites (tertiary alicyclic amines) is 1. The summed E-state index contributed by atoms with van der Waals surface area (Å²) < 4.78 is 4.82. The zero-order valence-corrected chi connectivity index (χ0v) is 9.74. The molecule has 3 nitrogen and oxygen atoms in total. The number of carbonyl (C=O) groups is 1. The van der Waals surface area contributed by atoms with Gasteiger partial charge in [0.05, 0.1) is 6.61 Å². The van der Waals surface area contributed by atoms with Crippen LogP contribution in [0.25, 0.3) is 0 Å². The molecule has 1 aliphatic rings. The standard InChI is InChI=1S/C12H21NO2/c1-3-11-7-5-9-13(11)10-6-8-12(14)15-4-2/h6,8,11H,3-5,7,9-10H2,1-2H3/b8-6+. The summed E-state index contributed by atoms with van der Waals surface area (Å²) in [7, 11) is 0. The van der Waals surface area contributed by atoms with Crippen LogP contribution in [0, 0.1) is 0 Å². The van der Waals surface area contributed by atoms with Crippen molar-refractivity contribution in [3.05, 3.63) is 12.2 Å². The molecular weight excluding hydrogens is 190 g/mol. The lowest BCUT2D eigenvalue weighted by atomic mass is 10.2. The zero-order valence-electron chi connectivity index (χ0n) is 9.74. The van der Waals surface area contributed by atoms with E-state index in [-0.39, 0.29) is 5.97 Å². The topological polar surface area (TPSA) is 29.5 Å². The lowest BCUT2D eigenvalue weighted by molar-refractivity contribution is -0.137. The van der Waals surface area contributed by atoms with Crippen LogP contribution < -0.4 is 0 Å². The predicted octanol–water partition coefficient (Wildman–Crippen LogP) is 1.98. The van der Waals surface area contributed by atoms with Crippen LogP contribution in [-0.2, 0) is 9.53 Å². The summed E-state index contributed by atoms with van der Waals surface area (Å²) in [6, 6.07) is 0.705. The first-order valence-electron chi connectivity index (χ1n) is 5.85. The van der Waals surface area contributed by atoms with Crippen molar-refractivity contribution in [2.45, 2.75) is 39.2 Å². The largest absolute Gasteiger partial charge is 0.463 e. The van der Waals surface area contributed by atoms with Crippen LogP contribution in [0.3, 0.4) is 0 Å². The van der Waals surface area contributed by atoms with Gasteiger partial charge in [-0.2, -0.15) is 0 Å². The number of carbonyl (C=O) groups excluding carboxylic acids is 1. The van der Waals surface area contributed by atoms with Crippen LogP contribution in [0.15, 0.2) is 12.2 Å². The molecular formula is C12H21NO2. The molecule has 15 heavy (non-hydrogen) atoms. The highest BCUT2D eigenvalue weighted by Crippen LogP contribution is 2.18. The number of hydrogen-bond donors (Lipinski definition) is 0. The van der Waals surface area contributed by atoms with E-state index in [2.05, 4.69) is 11.8 Å². The molecule has 0 radical (unpaired) electrons. The van der Waals surface area contributed by atoms with Gasteiger partial charge in [-0.1, -0.05) is 13.0 Å². The third-order valence-electron chi connectivity index (χ3n) is 2.85. The maximum atomic E-state index is 11.0. The molecule has 0 bridgehead atoms. The van der Waals surface area contributed by atoms with E-state index in [1.807, 2.05) is 13.0 Å². The van der Waals surface area contributed by atoms with Crippen LogP contribution in [0.2, 0.25) is 0 Å². The quantitative estimate of drug-likeness (QED) is 0.514. The van der Waals surface area contributed by atoms with E-state index in [0.29, 0.717) is 12.6 Å². The Balaban J connectivity index is 2.26. The van der Waals surface area contributed by atoms with Gasteiger partial charge in [-0.25, -0.2) is 4.79 Å². The van der Waals surface area contributed by atoms with Crippen molar-refractivity contribution in [2.24, 2.45) is 0 Å². The molecule has 0 aromatic carbocycles. The Morgan fingerprint density at radius 1 is 1.53 bits per heavy atom. The molecule has 1 atom stereocenters. The second kappa shape index (κ2) is 6.62. The molecule has 0 spiro atoms. The Morgan fingerprint density at radius 3 is 3.00 bits per heavy atom. The number of hydrogen-bond acceptors (Lipinski definition) is 3. The SMILES string of the molecule is CCOC(=O)/C=C/CN1CCCC1CC. The van der Waals surface area contributed by atoms with Gasteiger partial charge in [0.15, 0.2) is 0 Å². The van der Waals surface area contributed by atoms with Crippen molar-refractivity contribution < 1.29 is 9.53 Å². The van der Waals surface area contributed by atoms with Gasteiger partial charge >= 0.3 is 5.97 Å². The van der Waals surface area contributed by atoms with E-state index in [4.69, 9.17) is 4.74 Å². The number of rotatable bonds is 5. The summed E-state index contributed by atoms with van der Waals surface area (Å²) in [5, 5.41) is 0. The fourth-order valence-corrected chi connectivity index (χ4v) is 2.07. The van der Waals surface area contributed by atoms with Crippen molar-refractivity contribution in [1.82, 2.24) is 4.90 Å². The van der Waals surface area contributed by atoms with E-state index in [1.54, 1.807) is 0 Å². The Kier molecular flexibility index (Phi) is 5.40. The Bertz CT molecular complexity index is 226. The van der Waals surface area contributed by atoms with Crippen molar-refractivity contribution >= 4 is 5.97 Å². The van der Waals surface area contributed by atoms with Crippen molar-refractivity contribution in [2.75, 3.05) is 19.7 Å². The molecule has 1 unspecified atom stereocenters. The van der Waals surface area contributed by atoms with E-state index in [9.17, 15) is 4.79 Å². The average Bonchev–Trinajstić information content (AvgIpc) is 2.66. The first kappa shape index (κ1) is 12.2. The molecule has 0 saturated carbocycles. The number of ether oxygens (including phenoxy) is 1. The third kappa shape index (κ3) is 4.04. The summed E-state index contributed by atoms with van der Waals surface area (Å²) >= 11 is 0. The molecule has 1 rings (SSSR count). The minimum Gasteiger partial charge on any atom is -0.463 e. The summed E-state index contributed by atoms with van der Waals surface area (Å²) in [5.41, 5.74) is 0. The van der Waals surface area contributed by atoms with Crippen LogP contribution in [0.4, 0.5) is 0 Å². The van der Waals surface area contributed by atoms with Gasteiger partial charge in [-0.3, -0.25) is 4.90 Å². The molecule has 1 fully saturated rings. The second-order valence-electron chi connectivity index (χ2n) is 3.85. The highest BCUT2D eigenvalue weighted by molar-refractivity contribution is 5.81. The highest BCUT2D eigenvalue weighted by Gasteiger charge is 2.20. The molecule has 86 valence electrons. The smallest absolute Gasteiger partial charge is 0.330 e. The van der Waals surface area contributed by atoms with E-state index in [0.717, 1.165) is 13.1 Å². The molecule has 1 saturated heterocycles.